The molecule has 2 heterocycles. The van der Waals surface area contributed by atoms with Crippen molar-refractivity contribution in [1.29, 1.82) is 0 Å². The fourth-order valence-electron chi connectivity index (χ4n) is 5.33. The number of aromatic nitrogens is 1. The zero-order chi connectivity index (χ0) is 22.6. The quantitative estimate of drug-likeness (QED) is 0.385. The van der Waals surface area contributed by atoms with Crippen molar-refractivity contribution in [3.63, 3.8) is 0 Å². The minimum Gasteiger partial charge on any atom is -0.477 e. The number of likely N-dealkylation sites (tertiary alicyclic amines) is 1. The summed E-state index contributed by atoms with van der Waals surface area (Å²) in [4.78, 5) is 15.3. The zero-order valence-corrected chi connectivity index (χ0v) is 18.9. The second-order valence-corrected chi connectivity index (χ2v) is 8.89. The van der Waals surface area contributed by atoms with Gasteiger partial charge in [-0.25, -0.2) is 4.79 Å². The van der Waals surface area contributed by atoms with Crippen LogP contribution >= 0.6 is 0 Å². The average Bonchev–Trinajstić information content (AvgIpc) is 3.19. The van der Waals surface area contributed by atoms with Gasteiger partial charge in [-0.05, 0) is 43.1 Å². The van der Waals surface area contributed by atoms with Crippen molar-refractivity contribution in [1.82, 2.24) is 9.47 Å². The second-order valence-electron chi connectivity index (χ2n) is 8.89. The third-order valence-corrected chi connectivity index (χ3v) is 6.86. The van der Waals surface area contributed by atoms with Gasteiger partial charge in [-0.1, -0.05) is 85.3 Å². The van der Waals surface area contributed by atoms with Crippen LogP contribution < -0.4 is 0 Å². The number of hydrogen-bond donors (Lipinski definition) is 1. The highest BCUT2D eigenvalue weighted by atomic mass is 16.4. The molecule has 0 amide bonds. The molecular formula is C29H30N2O2. The number of carboxylic acid groups (broad SMARTS) is 1. The van der Waals surface area contributed by atoms with Crippen molar-refractivity contribution in [3.8, 4) is 0 Å². The normalized spacial score (nSPS) is 14.7. The molecule has 4 nitrogen and oxygen atoms in total. The van der Waals surface area contributed by atoms with E-state index in [9.17, 15) is 9.90 Å². The van der Waals surface area contributed by atoms with Gasteiger partial charge in [0.15, 0.2) is 0 Å². The minimum atomic E-state index is -0.864. The number of carbonyl (C=O) groups is 1. The molecule has 5 rings (SSSR count). The Morgan fingerprint density at radius 3 is 1.94 bits per heavy atom. The van der Waals surface area contributed by atoms with E-state index in [0.717, 1.165) is 47.2 Å². The first-order valence-electron chi connectivity index (χ1n) is 11.9. The maximum atomic E-state index is 12.8. The van der Waals surface area contributed by atoms with Crippen LogP contribution in [-0.4, -0.2) is 40.2 Å². The van der Waals surface area contributed by atoms with E-state index in [1.807, 2.05) is 53.1 Å². The third kappa shape index (κ3) is 4.31. The number of piperidine rings is 1. The average molecular weight is 439 g/mol. The zero-order valence-electron chi connectivity index (χ0n) is 18.9. The van der Waals surface area contributed by atoms with Crippen LogP contribution in [0.25, 0.3) is 10.9 Å². The Labute approximate surface area is 195 Å². The van der Waals surface area contributed by atoms with E-state index in [1.165, 1.54) is 19.3 Å². The molecule has 0 radical (unpaired) electrons. The molecule has 1 N–H and O–H groups in total. The molecule has 0 unspecified atom stereocenters. The number of carboxylic acids is 1. The number of hydrogen-bond acceptors (Lipinski definition) is 2. The van der Waals surface area contributed by atoms with Gasteiger partial charge in [0.1, 0.15) is 5.69 Å². The molecule has 33 heavy (non-hydrogen) atoms. The van der Waals surface area contributed by atoms with Gasteiger partial charge >= 0.3 is 5.97 Å². The summed E-state index contributed by atoms with van der Waals surface area (Å²) >= 11 is 0. The number of benzene rings is 3. The van der Waals surface area contributed by atoms with Crippen LogP contribution in [0.3, 0.4) is 0 Å². The van der Waals surface area contributed by atoms with E-state index >= 15 is 0 Å². The van der Waals surface area contributed by atoms with Crippen molar-refractivity contribution < 1.29 is 9.90 Å². The fourth-order valence-corrected chi connectivity index (χ4v) is 5.33. The summed E-state index contributed by atoms with van der Waals surface area (Å²) in [5.41, 5.74) is 4.49. The van der Waals surface area contributed by atoms with Gasteiger partial charge in [-0.15, -0.1) is 0 Å². The number of nitrogens with zero attached hydrogens (tertiary/aromatic N) is 2. The third-order valence-electron chi connectivity index (χ3n) is 6.86. The molecule has 0 bridgehead atoms. The summed E-state index contributed by atoms with van der Waals surface area (Å²) in [6.45, 7) is 3.76. The van der Waals surface area contributed by atoms with E-state index in [2.05, 4.69) is 41.3 Å². The molecule has 0 atom stereocenters. The van der Waals surface area contributed by atoms with E-state index in [0.29, 0.717) is 12.2 Å². The Balaban J connectivity index is 1.69. The molecule has 0 aliphatic carbocycles. The Morgan fingerprint density at radius 2 is 1.33 bits per heavy atom. The molecule has 168 valence electrons. The highest BCUT2D eigenvalue weighted by molar-refractivity contribution is 5.99. The van der Waals surface area contributed by atoms with Gasteiger partial charge in [0.25, 0.3) is 0 Å². The molecule has 0 saturated carbocycles. The van der Waals surface area contributed by atoms with E-state index < -0.39 is 5.97 Å². The Hall–Kier alpha value is -3.37. The maximum Gasteiger partial charge on any atom is 0.352 e. The highest BCUT2D eigenvalue weighted by Crippen LogP contribution is 2.40. The van der Waals surface area contributed by atoms with E-state index in [1.54, 1.807) is 0 Å². The number of rotatable bonds is 7. The standard InChI is InChI=1S/C29H30N2O2/c32-29(33)28-27(26(22-12-4-1-5-13-22)23-14-6-2-7-15-23)24-16-8-9-17-25(24)31(28)21-20-30-18-10-3-11-19-30/h1-2,4-9,12-17,26H,3,10-11,18-21H2,(H,32,33). The lowest BCUT2D eigenvalue weighted by Crippen LogP contribution is -2.33. The van der Waals surface area contributed by atoms with Gasteiger partial charge in [0, 0.05) is 35.5 Å². The van der Waals surface area contributed by atoms with E-state index in [4.69, 9.17) is 0 Å². The Kier molecular flexibility index (Phi) is 6.27. The van der Waals surface area contributed by atoms with Crippen LogP contribution in [0, 0.1) is 0 Å². The smallest absolute Gasteiger partial charge is 0.352 e. The molecule has 4 aromatic rings. The summed E-state index contributed by atoms with van der Waals surface area (Å²) in [7, 11) is 0. The largest absolute Gasteiger partial charge is 0.477 e. The van der Waals surface area contributed by atoms with Crippen LogP contribution in [0.4, 0.5) is 0 Å². The predicted octanol–water partition coefficient (Wildman–Crippen LogP) is 6.01. The lowest BCUT2D eigenvalue weighted by atomic mass is 9.83. The topological polar surface area (TPSA) is 45.5 Å². The summed E-state index contributed by atoms with van der Waals surface area (Å²) < 4.78 is 2.04. The first kappa shape index (κ1) is 21.5. The summed E-state index contributed by atoms with van der Waals surface area (Å²) in [5, 5.41) is 11.5. The van der Waals surface area contributed by atoms with Crippen LogP contribution in [-0.2, 0) is 6.54 Å². The van der Waals surface area contributed by atoms with Gasteiger partial charge in [-0.2, -0.15) is 0 Å². The van der Waals surface area contributed by atoms with Crippen LogP contribution in [0.2, 0.25) is 0 Å². The van der Waals surface area contributed by atoms with Gasteiger partial charge in [-0.3, -0.25) is 0 Å². The summed E-state index contributed by atoms with van der Waals surface area (Å²) in [6, 6.07) is 28.7. The number of aromatic carboxylic acids is 1. The first-order chi connectivity index (χ1) is 16.2. The van der Waals surface area contributed by atoms with E-state index in [-0.39, 0.29) is 5.92 Å². The van der Waals surface area contributed by atoms with Crippen molar-refractivity contribution in [2.24, 2.45) is 0 Å². The Bertz CT molecular complexity index is 1190. The fraction of sp³-hybridized carbons (Fsp3) is 0.276. The highest BCUT2D eigenvalue weighted by Gasteiger charge is 2.30. The maximum absolute atomic E-state index is 12.8. The van der Waals surface area contributed by atoms with Crippen LogP contribution in [0.15, 0.2) is 84.9 Å². The molecule has 1 fully saturated rings. The van der Waals surface area contributed by atoms with Crippen molar-refractivity contribution >= 4 is 16.9 Å². The summed E-state index contributed by atoms with van der Waals surface area (Å²) in [5.74, 6) is -1.02. The lowest BCUT2D eigenvalue weighted by molar-refractivity contribution is 0.0683. The minimum absolute atomic E-state index is 0.153. The number of fused-ring (bicyclic) bond motifs is 1. The van der Waals surface area contributed by atoms with Gasteiger partial charge in [0.2, 0.25) is 0 Å². The van der Waals surface area contributed by atoms with Crippen LogP contribution in [0.5, 0.6) is 0 Å². The molecular weight excluding hydrogens is 408 g/mol. The Morgan fingerprint density at radius 1 is 0.758 bits per heavy atom. The molecule has 1 aromatic heterocycles. The van der Waals surface area contributed by atoms with Crippen molar-refractivity contribution in [2.75, 3.05) is 19.6 Å². The lowest BCUT2D eigenvalue weighted by Gasteiger charge is -2.27. The first-order valence-corrected chi connectivity index (χ1v) is 11.9. The predicted molar refractivity (Wildman–Crippen MR) is 133 cm³/mol. The van der Waals surface area contributed by atoms with Crippen molar-refractivity contribution in [3.05, 3.63) is 107 Å². The van der Waals surface area contributed by atoms with Gasteiger partial charge in [0.05, 0.1) is 0 Å². The summed E-state index contributed by atoms with van der Waals surface area (Å²) in [6.07, 6.45) is 3.75. The molecule has 1 aliphatic heterocycles. The van der Waals surface area contributed by atoms with Gasteiger partial charge < -0.3 is 14.6 Å². The second kappa shape index (κ2) is 9.63. The molecule has 0 spiro atoms. The molecule has 1 saturated heterocycles. The monoisotopic (exact) mass is 438 g/mol. The van der Waals surface area contributed by atoms with Crippen LogP contribution in [0.1, 0.15) is 52.4 Å². The number of para-hydroxylation sites is 1. The van der Waals surface area contributed by atoms with Crippen molar-refractivity contribution in [2.45, 2.75) is 31.7 Å². The SMILES string of the molecule is O=C(O)c1c(C(c2ccccc2)c2ccccc2)c2ccccc2n1CCN1CCCCC1. The molecule has 4 heteroatoms. The molecule has 1 aliphatic rings. The molecule has 3 aromatic carbocycles.